The van der Waals surface area contributed by atoms with Gasteiger partial charge in [-0.15, -0.1) is 0 Å². The molecule has 0 radical (unpaired) electrons. The van der Waals surface area contributed by atoms with Gasteiger partial charge < -0.3 is 4.90 Å². The van der Waals surface area contributed by atoms with Crippen LogP contribution in [0.15, 0.2) is 47.6 Å². The smallest absolute Gasteiger partial charge is 0.174 e. The summed E-state index contributed by atoms with van der Waals surface area (Å²) in [7, 11) is 0. The van der Waals surface area contributed by atoms with Crippen LogP contribution in [0.3, 0.4) is 0 Å². The largest absolute Gasteiger partial charge is 0.342 e. The number of fused-ring (bicyclic) bond motifs is 1. The molecule has 1 unspecified atom stereocenters. The third-order valence-electron chi connectivity index (χ3n) is 4.97. The monoisotopic (exact) mass is 335 g/mol. The number of allylic oxidation sites excluding steroid dienone is 1. The van der Waals surface area contributed by atoms with Crippen molar-refractivity contribution in [3.63, 3.8) is 0 Å². The normalized spacial score (nSPS) is 19.9. The van der Waals surface area contributed by atoms with Gasteiger partial charge in [-0.3, -0.25) is 10.4 Å². The number of aryl methyl sites for hydroxylation is 1. The first-order valence-corrected chi connectivity index (χ1v) is 9.09. The van der Waals surface area contributed by atoms with E-state index in [9.17, 15) is 0 Å². The van der Waals surface area contributed by atoms with Crippen molar-refractivity contribution in [1.29, 1.82) is 0 Å². The molecule has 3 heterocycles. The Morgan fingerprint density at radius 1 is 1.16 bits per heavy atom. The minimum absolute atomic E-state index is 0.325. The molecule has 130 valence electrons. The molecular weight excluding hydrogens is 310 g/mol. The van der Waals surface area contributed by atoms with Crippen molar-refractivity contribution in [3.8, 4) is 11.3 Å². The average Bonchev–Trinajstić information content (AvgIpc) is 3.01. The SMILES string of the molecule is CC(C)N1C=CC(c2c(-c3ccccc3)nn3c2CCCC3)=NC1N. The molecule has 2 aliphatic heterocycles. The topological polar surface area (TPSA) is 59.4 Å². The highest BCUT2D eigenvalue weighted by Crippen LogP contribution is 2.31. The first kappa shape index (κ1) is 16.1. The van der Waals surface area contributed by atoms with Gasteiger partial charge in [-0.2, -0.15) is 5.10 Å². The van der Waals surface area contributed by atoms with Crippen LogP contribution in [0.25, 0.3) is 11.3 Å². The van der Waals surface area contributed by atoms with Gasteiger partial charge in [0.25, 0.3) is 0 Å². The number of rotatable bonds is 3. The minimum atomic E-state index is -0.345. The highest BCUT2D eigenvalue weighted by Gasteiger charge is 2.26. The van der Waals surface area contributed by atoms with E-state index in [-0.39, 0.29) is 6.29 Å². The van der Waals surface area contributed by atoms with E-state index in [0.717, 1.165) is 35.5 Å². The molecule has 1 atom stereocenters. The molecule has 0 saturated heterocycles. The van der Waals surface area contributed by atoms with E-state index in [2.05, 4.69) is 60.0 Å². The summed E-state index contributed by atoms with van der Waals surface area (Å²) in [6.07, 6.45) is 7.24. The maximum Gasteiger partial charge on any atom is 0.174 e. The summed E-state index contributed by atoms with van der Waals surface area (Å²) in [5.74, 6) is 0. The lowest BCUT2D eigenvalue weighted by atomic mass is 9.97. The van der Waals surface area contributed by atoms with E-state index in [4.69, 9.17) is 15.8 Å². The number of aliphatic imine (C=N–C) groups is 1. The predicted molar refractivity (Wildman–Crippen MR) is 101 cm³/mol. The van der Waals surface area contributed by atoms with Crippen LogP contribution in [0.2, 0.25) is 0 Å². The summed E-state index contributed by atoms with van der Waals surface area (Å²) in [5.41, 5.74) is 11.8. The summed E-state index contributed by atoms with van der Waals surface area (Å²) in [4.78, 5) is 6.87. The van der Waals surface area contributed by atoms with Gasteiger partial charge in [0.2, 0.25) is 0 Å². The van der Waals surface area contributed by atoms with Gasteiger partial charge in [0.1, 0.15) is 5.69 Å². The third-order valence-corrected chi connectivity index (χ3v) is 4.97. The van der Waals surface area contributed by atoms with Crippen LogP contribution in [0.4, 0.5) is 0 Å². The molecule has 0 spiro atoms. The molecule has 1 aromatic heterocycles. The van der Waals surface area contributed by atoms with Gasteiger partial charge in [0, 0.05) is 35.6 Å². The Kier molecular flexibility index (Phi) is 4.17. The molecule has 0 fully saturated rings. The highest BCUT2D eigenvalue weighted by molar-refractivity contribution is 6.13. The van der Waals surface area contributed by atoms with Crippen molar-refractivity contribution in [1.82, 2.24) is 14.7 Å². The number of nitrogens with two attached hydrogens (primary N) is 1. The predicted octanol–water partition coefficient (Wildman–Crippen LogP) is 3.16. The first-order valence-electron chi connectivity index (χ1n) is 9.09. The first-order chi connectivity index (χ1) is 12.1. The lowest BCUT2D eigenvalue weighted by Gasteiger charge is -2.31. The second kappa shape index (κ2) is 6.48. The van der Waals surface area contributed by atoms with E-state index in [1.165, 1.54) is 18.5 Å². The molecule has 2 N–H and O–H groups in total. The molecule has 1 aromatic carbocycles. The Labute approximate surface area is 148 Å². The standard InChI is InChI=1S/C20H25N5/c1-14(2)24-13-11-16(22-20(24)21)18-17-10-6-7-12-25(17)23-19(18)15-8-4-3-5-9-15/h3-5,8-9,11,13-14,20H,6-7,10,12,21H2,1-2H3. The quantitative estimate of drug-likeness (QED) is 0.937. The summed E-state index contributed by atoms with van der Waals surface area (Å²) >= 11 is 0. The van der Waals surface area contributed by atoms with E-state index in [0.29, 0.717) is 6.04 Å². The molecule has 0 saturated carbocycles. The summed E-state index contributed by atoms with van der Waals surface area (Å²) < 4.78 is 2.16. The maximum absolute atomic E-state index is 6.30. The molecule has 25 heavy (non-hydrogen) atoms. The molecule has 0 bridgehead atoms. The van der Waals surface area contributed by atoms with Crippen molar-refractivity contribution in [2.45, 2.75) is 52.0 Å². The van der Waals surface area contributed by atoms with Crippen molar-refractivity contribution < 1.29 is 0 Å². The average molecular weight is 335 g/mol. The van der Waals surface area contributed by atoms with Crippen LogP contribution >= 0.6 is 0 Å². The van der Waals surface area contributed by atoms with Gasteiger partial charge >= 0.3 is 0 Å². The fourth-order valence-corrected chi connectivity index (χ4v) is 3.68. The molecular formula is C20H25N5. The second-order valence-electron chi connectivity index (χ2n) is 7.00. The van der Waals surface area contributed by atoms with Crippen LogP contribution in [-0.2, 0) is 13.0 Å². The van der Waals surface area contributed by atoms with E-state index in [1.54, 1.807) is 0 Å². The van der Waals surface area contributed by atoms with Crippen molar-refractivity contribution in [3.05, 3.63) is 53.9 Å². The van der Waals surface area contributed by atoms with E-state index >= 15 is 0 Å². The van der Waals surface area contributed by atoms with Crippen LogP contribution in [0.1, 0.15) is 37.9 Å². The molecule has 0 aliphatic carbocycles. The summed E-state index contributed by atoms with van der Waals surface area (Å²) in [6, 6.07) is 10.7. The number of hydrogen-bond acceptors (Lipinski definition) is 4. The number of nitrogens with zero attached hydrogens (tertiary/aromatic N) is 4. The van der Waals surface area contributed by atoms with Gasteiger partial charge in [-0.25, -0.2) is 4.99 Å². The van der Waals surface area contributed by atoms with Gasteiger partial charge in [-0.05, 0) is 39.2 Å². The Morgan fingerprint density at radius 2 is 1.96 bits per heavy atom. The van der Waals surface area contributed by atoms with Crippen molar-refractivity contribution in [2.24, 2.45) is 10.7 Å². The van der Waals surface area contributed by atoms with E-state index in [1.807, 2.05) is 6.07 Å². The second-order valence-corrected chi connectivity index (χ2v) is 7.00. The lowest BCUT2D eigenvalue weighted by Crippen LogP contribution is -2.43. The summed E-state index contributed by atoms with van der Waals surface area (Å²) in [6.45, 7) is 5.24. The molecule has 4 rings (SSSR count). The highest BCUT2D eigenvalue weighted by atomic mass is 15.3. The number of benzene rings is 1. The Bertz CT molecular complexity index is 816. The molecule has 0 amide bonds. The Hall–Kier alpha value is -2.40. The zero-order valence-corrected chi connectivity index (χ0v) is 14.9. The number of aromatic nitrogens is 2. The van der Waals surface area contributed by atoms with Gasteiger partial charge in [-0.1, -0.05) is 30.3 Å². The number of hydrogen-bond donors (Lipinski definition) is 1. The van der Waals surface area contributed by atoms with Crippen LogP contribution in [-0.4, -0.2) is 32.7 Å². The van der Waals surface area contributed by atoms with Gasteiger partial charge in [0.15, 0.2) is 6.29 Å². The van der Waals surface area contributed by atoms with Gasteiger partial charge in [0.05, 0.1) is 5.71 Å². The van der Waals surface area contributed by atoms with Crippen molar-refractivity contribution in [2.75, 3.05) is 0 Å². The zero-order valence-electron chi connectivity index (χ0n) is 14.9. The van der Waals surface area contributed by atoms with Crippen LogP contribution in [0.5, 0.6) is 0 Å². The van der Waals surface area contributed by atoms with Crippen LogP contribution < -0.4 is 5.73 Å². The Balaban J connectivity index is 1.83. The minimum Gasteiger partial charge on any atom is -0.342 e. The molecule has 5 heteroatoms. The van der Waals surface area contributed by atoms with Crippen LogP contribution in [0, 0.1) is 0 Å². The third kappa shape index (κ3) is 2.89. The molecule has 5 nitrogen and oxygen atoms in total. The molecule has 2 aromatic rings. The van der Waals surface area contributed by atoms with Crippen molar-refractivity contribution >= 4 is 5.71 Å². The fraction of sp³-hybridized carbons (Fsp3) is 0.400. The zero-order chi connectivity index (χ0) is 17.4. The summed E-state index contributed by atoms with van der Waals surface area (Å²) in [5, 5.41) is 4.92. The lowest BCUT2D eigenvalue weighted by molar-refractivity contribution is 0.235. The molecule has 2 aliphatic rings. The fourth-order valence-electron chi connectivity index (χ4n) is 3.68. The maximum atomic E-state index is 6.30. The Morgan fingerprint density at radius 3 is 2.68 bits per heavy atom. The van der Waals surface area contributed by atoms with E-state index < -0.39 is 0 Å².